The zero-order valence-corrected chi connectivity index (χ0v) is 24.0. The Bertz CT molecular complexity index is 1200. The Morgan fingerprint density at radius 2 is 1.61 bits per heavy atom. The fourth-order valence-electron chi connectivity index (χ4n) is 9.44. The molecule has 1 amide bonds. The largest absolute Gasteiger partial charge is 0.395 e. The van der Waals surface area contributed by atoms with Crippen molar-refractivity contribution in [3.05, 3.63) is 34.9 Å². The molecule has 208 valence electrons. The highest BCUT2D eigenvalue weighted by Crippen LogP contribution is 2.75. The van der Waals surface area contributed by atoms with Gasteiger partial charge in [0.05, 0.1) is 18.6 Å². The molecule has 0 radical (unpaired) electrons. The lowest BCUT2D eigenvalue weighted by Gasteiger charge is -2.70. The third kappa shape index (κ3) is 3.35. The van der Waals surface area contributed by atoms with Crippen molar-refractivity contribution in [1.29, 1.82) is 0 Å². The lowest BCUT2D eigenvalue weighted by atomic mass is 9.34. The van der Waals surface area contributed by atoms with Crippen molar-refractivity contribution in [3.8, 4) is 0 Å². The van der Waals surface area contributed by atoms with Gasteiger partial charge in [-0.1, -0.05) is 52.3 Å². The van der Waals surface area contributed by atoms with E-state index in [1.165, 1.54) is 5.57 Å². The van der Waals surface area contributed by atoms with E-state index in [9.17, 15) is 24.6 Å². The second kappa shape index (κ2) is 8.47. The van der Waals surface area contributed by atoms with Crippen LogP contribution in [0.4, 0.5) is 0 Å². The summed E-state index contributed by atoms with van der Waals surface area (Å²) >= 11 is 0. The smallest absolute Gasteiger partial charge is 0.226 e. The first kappa shape index (κ1) is 27.5. The van der Waals surface area contributed by atoms with Gasteiger partial charge in [-0.2, -0.15) is 0 Å². The van der Waals surface area contributed by atoms with Crippen molar-refractivity contribution in [1.82, 2.24) is 5.32 Å². The molecule has 0 aromatic rings. The number of carbonyl (C=O) groups excluding carboxylic acids is 3. The van der Waals surface area contributed by atoms with E-state index in [4.69, 9.17) is 0 Å². The zero-order chi connectivity index (χ0) is 27.9. The van der Waals surface area contributed by atoms with Crippen LogP contribution in [0, 0.1) is 38.4 Å². The highest BCUT2D eigenvalue weighted by Gasteiger charge is 2.67. The van der Waals surface area contributed by atoms with E-state index >= 15 is 0 Å². The molecule has 0 aromatic carbocycles. The second-order valence-corrected chi connectivity index (χ2v) is 14.4. The maximum absolute atomic E-state index is 13.3. The molecule has 0 heterocycles. The first-order valence-electron chi connectivity index (χ1n) is 14.4. The highest BCUT2D eigenvalue weighted by molar-refractivity contribution is 6.45. The topological polar surface area (TPSA) is 104 Å². The molecule has 0 aliphatic heterocycles. The average Bonchev–Trinajstić information content (AvgIpc) is 2.89. The number of nitrogens with one attached hydrogen (secondary N) is 1. The van der Waals surface area contributed by atoms with Crippen LogP contribution >= 0.6 is 0 Å². The van der Waals surface area contributed by atoms with E-state index in [2.05, 4.69) is 46.0 Å². The summed E-state index contributed by atoms with van der Waals surface area (Å²) in [5.74, 6) is -0.637. The van der Waals surface area contributed by atoms with Crippen LogP contribution in [0.1, 0.15) is 86.5 Å². The zero-order valence-electron chi connectivity index (χ0n) is 24.0. The molecule has 38 heavy (non-hydrogen) atoms. The second-order valence-electron chi connectivity index (χ2n) is 14.4. The van der Waals surface area contributed by atoms with Crippen LogP contribution in [-0.4, -0.2) is 47.4 Å². The Morgan fingerprint density at radius 1 is 0.921 bits per heavy atom. The average molecular weight is 524 g/mol. The van der Waals surface area contributed by atoms with Crippen molar-refractivity contribution >= 4 is 17.5 Å². The van der Waals surface area contributed by atoms with E-state index < -0.39 is 22.4 Å². The van der Waals surface area contributed by atoms with Crippen LogP contribution in [0.3, 0.4) is 0 Å². The number of aliphatic hydroxyl groups excluding tert-OH is 2. The summed E-state index contributed by atoms with van der Waals surface area (Å²) in [6.07, 6.45) is 12.4. The molecule has 0 aromatic heterocycles. The number of Topliss-reactive ketones (excluding diaryl/α,β-unsaturated/α-hetero) is 1. The van der Waals surface area contributed by atoms with Gasteiger partial charge in [0.15, 0.2) is 0 Å². The number of aliphatic hydroxyl groups is 2. The summed E-state index contributed by atoms with van der Waals surface area (Å²) < 4.78 is 0. The van der Waals surface area contributed by atoms with Gasteiger partial charge in [-0.05, 0) is 91.3 Å². The highest BCUT2D eigenvalue weighted by atomic mass is 16.3. The minimum atomic E-state index is -1.20. The van der Waals surface area contributed by atoms with Crippen LogP contribution in [0.15, 0.2) is 34.9 Å². The van der Waals surface area contributed by atoms with Gasteiger partial charge >= 0.3 is 0 Å². The number of allylic oxidation sites excluding steroid dienone is 5. The maximum atomic E-state index is 13.3. The van der Waals surface area contributed by atoms with Crippen molar-refractivity contribution in [2.24, 2.45) is 38.4 Å². The van der Waals surface area contributed by atoms with E-state index in [0.717, 1.165) is 56.1 Å². The van der Waals surface area contributed by atoms with Crippen molar-refractivity contribution in [2.45, 2.75) is 86.5 Å². The summed E-state index contributed by atoms with van der Waals surface area (Å²) in [4.78, 5) is 39.0. The Kier molecular flexibility index (Phi) is 6.14. The van der Waals surface area contributed by atoms with Crippen molar-refractivity contribution in [2.75, 3.05) is 19.8 Å². The number of carbonyl (C=O) groups is 3. The predicted octanol–water partition coefficient (Wildman–Crippen LogP) is 4.46. The lowest BCUT2D eigenvalue weighted by Crippen LogP contribution is -2.63. The van der Waals surface area contributed by atoms with Gasteiger partial charge in [0, 0.05) is 17.4 Å². The molecule has 3 N–H and O–H groups in total. The molecule has 0 unspecified atom stereocenters. The molecule has 5 rings (SSSR count). The minimum absolute atomic E-state index is 0.0367. The summed E-state index contributed by atoms with van der Waals surface area (Å²) in [5.41, 5.74) is 0.974. The molecule has 6 nitrogen and oxygen atoms in total. The van der Waals surface area contributed by atoms with E-state index in [1.807, 2.05) is 6.08 Å². The molecule has 0 spiro atoms. The first-order chi connectivity index (χ1) is 17.7. The molecule has 3 saturated carbocycles. The van der Waals surface area contributed by atoms with Gasteiger partial charge in [-0.15, -0.1) is 0 Å². The quantitative estimate of drug-likeness (QED) is 0.472. The minimum Gasteiger partial charge on any atom is -0.395 e. The Morgan fingerprint density at radius 3 is 2.26 bits per heavy atom. The molecule has 0 bridgehead atoms. The Labute approximate surface area is 227 Å². The SMILES string of the molecule is C[C@@]1(C(=O)NCCO)CC[C@]2(C)CC[C@]3(C)C4=CC=C5C(=CC(=O)C(=O)[C@@]5(C)CO)[C@]4(C)CC[C@@]3(C)[C@@H]2C1. The first-order valence-corrected chi connectivity index (χ1v) is 14.4. The third-order valence-electron chi connectivity index (χ3n) is 12.5. The molecule has 5 aliphatic carbocycles. The fourth-order valence-corrected chi connectivity index (χ4v) is 9.44. The fraction of sp³-hybridized carbons (Fsp3) is 0.719. The van der Waals surface area contributed by atoms with Gasteiger partial charge in [-0.3, -0.25) is 14.4 Å². The summed E-state index contributed by atoms with van der Waals surface area (Å²) in [5, 5.41) is 22.5. The Balaban J connectivity index is 1.59. The normalized spacial score (nSPS) is 46.0. The maximum Gasteiger partial charge on any atom is 0.226 e. The van der Waals surface area contributed by atoms with Gasteiger partial charge in [-0.25, -0.2) is 0 Å². The number of hydrogen-bond acceptors (Lipinski definition) is 5. The molecular weight excluding hydrogens is 478 g/mol. The van der Waals surface area contributed by atoms with Gasteiger partial charge in [0.1, 0.15) is 0 Å². The standard InChI is InChI=1S/C32H45NO5/c1-27-9-10-28(2,26(38)33-15-16-34)18-24(27)32(6)14-12-29(3)21-17-22(36)25(37)30(4,19-35)20(21)7-8-23(29)31(32,5)13-11-27/h7-8,17,24,34-35H,9-16,18-19H2,1-6H3,(H,33,38)/t24-,27-,28-,29+,30+,31-,32+/m1/s1. The van der Waals surface area contributed by atoms with Crippen LogP contribution < -0.4 is 5.32 Å². The van der Waals surface area contributed by atoms with Crippen molar-refractivity contribution < 1.29 is 24.6 Å². The number of amides is 1. The van der Waals surface area contributed by atoms with Gasteiger partial charge in [0.2, 0.25) is 17.5 Å². The summed E-state index contributed by atoms with van der Waals surface area (Å²) in [7, 11) is 0. The Hall–Kier alpha value is -2.05. The molecule has 0 saturated heterocycles. The molecule has 5 aliphatic rings. The van der Waals surface area contributed by atoms with E-state index in [1.54, 1.807) is 13.0 Å². The predicted molar refractivity (Wildman–Crippen MR) is 146 cm³/mol. The van der Waals surface area contributed by atoms with Crippen LogP contribution in [0.25, 0.3) is 0 Å². The van der Waals surface area contributed by atoms with Crippen LogP contribution in [0.5, 0.6) is 0 Å². The molecule has 3 fully saturated rings. The number of rotatable bonds is 4. The van der Waals surface area contributed by atoms with Crippen LogP contribution in [0.2, 0.25) is 0 Å². The summed E-state index contributed by atoms with van der Waals surface area (Å²) in [6, 6.07) is 0. The number of ketones is 2. The number of hydrogen-bond donors (Lipinski definition) is 3. The van der Waals surface area contributed by atoms with Gasteiger partial charge < -0.3 is 15.5 Å². The molecule has 6 heteroatoms. The van der Waals surface area contributed by atoms with Crippen molar-refractivity contribution in [3.63, 3.8) is 0 Å². The third-order valence-corrected chi connectivity index (χ3v) is 12.5. The molecule has 7 atom stereocenters. The monoisotopic (exact) mass is 523 g/mol. The van der Waals surface area contributed by atoms with Gasteiger partial charge in [0.25, 0.3) is 0 Å². The lowest BCUT2D eigenvalue weighted by molar-refractivity contribution is -0.169. The molecular formula is C32H45NO5. The number of fused-ring (bicyclic) bond motifs is 7. The van der Waals surface area contributed by atoms with E-state index in [-0.39, 0.29) is 47.3 Å². The van der Waals surface area contributed by atoms with E-state index in [0.29, 0.717) is 5.92 Å². The summed E-state index contributed by atoms with van der Waals surface area (Å²) in [6.45, 7) is 13.1. The van der Waals surface area contributed by atoms with Crippen LogP contribution in [-0.2, 0) is 14.4 Å².